The number of hydrogen-bond donors (Lipinski definition) is 2. The molecule has 0 saturated carbocycles. The van der Waals surface area contributed by atoms with Crippen LogP contribution in [0.2, 0.25) is 0 Å². The monoisotopic (exact) mass is 326 g/mol. The fourth-order valence-electron chi connectivity index (χ4n) is 2.78. The van der Waals surface area contributed by atoms with Crippen molar-refractivity contribution in [2.24, 2.45) is 5.92 Å². The van der Waals surface area contributed by atoms with Crippen molar-refractivity contribution in [2.45, 2.75) is 25.8 Å². The van der Waals surface area contributed by atoms with Crippen molar-refractivity contribution in [3.05, 3.63) is 23.8 Å². The lowest BCUT2D eigenvalue weighted by atomic mass is 10.0. The predicted molar refractivity (Wildman–Crippen MR) is 86.7 cm³/mol. The quantitative estimate of drug-likeness (QED) is 0.867. The molecule has 1 atom stereocenters. The lowest BCUT2D eigenvalue weighted by Crippen LogP contribution is -2.23. The predicted octanol–water partition coefficient (Wildman–Crippen LogP) is 1.89. The highest BCUT2D eigenvalue weighted by Gasteiger charge is 2.16. The van der Waals surface area contributed by atoms with Gasteiger partial charge in [-0.15, -0.1) is 12.4 Å². The van der Waals surface area contributed by atoms with Gasteiger partial charge < -0.3 is 20.1 Å². The number of benzene rings is 1. The van der Waals surface area contributed by atoms with E-state index in [-0.39, 0.29) is 18.3 Å². The molecule has 2 N–H and O–H groups in total. The molecule has 0 aromatic heterocycles. The molecular formula is C16H23ClN2O3. The van der Waals surface area contributed by atoms with E-state index in [1.54, 1.807) is 0 Å². The molecule has 1 saturated heterocycles. The first-order valence-electron chi connectivity index (χ1n) is 7.67. The topological polar surface area (TPSA) is 59.6 Å². The van der Waals surface area contributed by atoms with Crippen LogP contribution in [-0.2, 0) is 11.3 Å². The Balaban J connectivity index is 0.00000176. The molecule has 5 nitrogen and oxygen atoms in total. The first-order chi connectivity index (χ1) is 10.3. The van der Waals surface area contributed by atoms with Crippen molar-refractivity contribution in [3.8, 4) is 11.5 Å². The first kappa shape index (κ1) is 16.9. The van der Waals surface area contributed by atoms with Crippen LogP contribution in [0.15, 0.2) is 18.2 Å². The highest BCUT2D eigenvalue weighted by Crippen LogP contribution is 2.30. The summed E-state index contributed by atoms with van der Waals surface area (Å²) in [6, 6.07) is 5.81. The van der Waals surface area contributed by atoms with Crippen LogP contribution < -0.4 is 20.1 Å². The maximum absolute atomic E-state index is 11.9. The third-order valence-electron chi connectivity index (χ3n) is 4.04. The number of carbonyl (C=O) groups is 1. The highest BCUT2D eigenvalue weighted by atomic mass is 35.5. The third kappa shape index (κ3) is 4.52. The Morgan fingerprint density at radius 1 is 1.27 bits per heavy atom. The minimum atomic E-state index is 0. The Labute approximate surface area is 137 Å². The third-order valence-corrected chi connectivity index (χ3v) is 4.04. The molecule has 0 radical (unpaired) electrons. The van der Waals surface area contributed by atoms with E-state index in [2.05, 4.69) is 10.6 Å². The lowest BCUT2D eigenvalue weighted by Gasteiger charge is -2.19. The largest absolute Gasteiger partial charge is 0.486 e. The molecule has 3 rings (SSSR count). The van der Waals surface area contributed by atoms with Gasteiger partial charge in [0, 0.05) is 13.0 Å². The van der Waals surface area contributed by atoms with Crippen LogP contribution in [0.4, 0.5) is 0 Å². The minimum Gasteiger partial charge on any atom is -0.486 e. The number of nitrogens with one attached hydrogen (secondary N) is 2. The van der Waals surface area contributed by atoms with Gasteiger partial charge in [0.2, 0.25) is 5.91 Å². The van der Waals surface area contributed by atoms with Gasteiger partial charge in [0.1, 0.15) is 13.2 Å². The summed E-state index contributed by atoms with van der Waals surface area (Å²) in [6.07, 6.45) is 2.77. The van der Waals surface area contributed by atoms with E-state index in [4.69, 9.17) is 9.47 Å². The SMILES string of the molecule is Cl.O=C(CCC1CCNC1)NCc1ccc2c(c1)OCCO2. The van der Waals surface area contributed by atoms with Crippen LogP contribution in [0.3, 0.4) is 0 Å². The van der Waals surface area contributed by atoms with Gasteiger partial charge in [0.05, 0.1) is 0 Å². The van der Waals surface area contributed by atoms with Gasteiger partial charge in [-0.3, -0.25) is 4.79 Å². The fourth-order valence-corrected chi connectivity index (χ4v) is 2.78. The summed E-state index contributed by atoms with van der Waals surface area (Å²) in [5.74, 6) is 2.33. The Morgan fingerprint density at radius 3 is 2.86 bits per heavy atom. The van der Waals surface area contributed by atoms with E-state index in [1.807, 2.05) is 18.2 Å². The molecule has 0 aliphatic carbocycles. The van der Waals surface area contributed by atoms with Gasteiger partial charge in [0.25, 0.3) is 0 Å². The number of carbonyl (C=O) groups excluding carboxylic acids is 1. The maximum Gasteiger partial charge on any atom is 0.220 e. The summed E-state index contributed by atoms with van der Waals surface area (Å²) in [5.41, 5.74) is 1.04. The summed E-state index contributed by atoms with van der Waals surface area (Å²) in [7, 11) is 0. The molecular weight excluding hydrogens is 304 g/mol. The van der Waals surface area contributed by atoms with Crippen molar-refractivity contribution in [3.63, 3.8) is 0 Å². The molecule has 0 spiro atoms. The second-order valence-electron chi connectivity index (χ2n) is 5.65. The number of ether oxygens (including phenoxy) is 2. The van der Waals surface area contributed by atoms with Crippen LogP contribution in [0.5, 0.6) is 11.5 Å². The van der Waals surface area contributed by atoms with Crippen LogP contribution in [0, 0.1) is 5.92 Å². The zero-order chi connectivity index (χ0) is 14.5. The molecule has 1 aromatic carbocycles. The van der Waals surface area contributed by atoms with Crippen LogP contribution >= 0.6 is 12.4 Å². The molecule has 1 amide bonds. The van der Waals surface area contributed by atoms with Crippen LogP contribution in [0.25, 0.3) is 0 Å². The molecule has 122 valence electrons. The van der Waals surface area contributed by atoms with Crippen molar-refractivity contribution >= 4 is 18.3 Å². The van der Waals surface area contributed by atoms with Gasteiger partial charge in [0.15, 0.2) is 11.5 Å². The fraction of sp³-hybridized carbons (Fsp3) is 0.562. The van der Waals surface area contributed by atoms with Crippen molar-refractivity contribution in [1.82, 2.24) is 10.6 Å². The summed E-state index contributed by atoms with van der Waals surface area (Å²) < 4.78 is 11.0. The van der Waals surface area contributed by atoms with Gasteiger partial charge >= 0.3 is 0 Å². The molecule has 1 fully saturated rings. The zero-order valence-electron chi connectivity index (χ0n) is 12.6. The molecule has 2 aliphatic rings. The van der Waals surface area contributed by atoms with Crippen molar-refractivity contribution in [2.75, 3.05) is 26.3 Å². The van der Waals surface area contributed by atoms with Crippen LogP contribution in [0.1, 0.15) is 24.8 Å². The minimum absolute atomic E-state index is 0. The molecule has 1 unspecified atom stereocenters. The smallest absolute Gasteiger partial charge is 0.220 e. The summed E-state index contributed by atoms with van der Waals surface area (Å²) >= 11 is 0. The molecule has 22 heavy (non-hydrogen) atoms. The second kappa shape index (κ2) is 8.25. The molecule has 2 aliphatic heterocycles. The molecule has 2 heterocycles. The van der Waals surface area contributed by atoms with Crippen LogP contribution in [-0.4, -0.2) is 32.2 Å². The van der Waals surface area contributed by atoms with Crippen molar-refractivity contribution in [1.29, 1.82) is 0 Å². The molecule has 6 heteroatoms. The number of rotatable bonds is 5. The summed E-state index contributed by atoms with van der Waals surface area (Å²) in [4.78, 5) is 11.9. The molecule has 0 bridgehead atoms. The number of hydrogen-bond acceptors (Lipinski definition) is 4. The maximum atomic E-state index is 11.9. The number of fused-ring (bicyclic) bond motifs is 1. The summed E-state index contributed by atoms with van der Waals surface area (Å²) in [5, 5.41) is 6.30. The van der Waals surface area contributed by atoms with E-state index in [0.29, 0.717) is 32.1 Å². The normalized spacial score (nSPS) is 19.4. The average Bonchev–Trinajstić information content (AvgIpc) is 3.04. The summed E-state index contributed by atoms with van der Waals surface area (Å²) in [6.45, 7) is 3.86. The van der Waals surface area contributed by atoms with Gasteiger partial charge in [-0.2, -0.15) is 0 Å². The standard InChI is InChI=1S/C16H22N2O3.ClH/c19-16(4-2-12-5-6-17-10-12)18-11-13-1-3-14-15(9-13)21-8-7-20-14;/h1,3,9,12,17H,2,4-8,10-11H2,(H,18,19);1H. The number of halogens is 1. The van der Waals surface area contributed by atoms with Gasteiger partial charge in [-0.1, -0.05) is 6.07 Å². The Kier molecular flexibility index (Phi) is 6.34. The van der Waals surface area contributed by atoms with E-state index in [9.17, 15) is 4.79 Å². The van der Waals surface area contributed by atoms with Gasteiger partial charge in [-0.25, -0.2) is 0 Å². The van der Waals surface area contributed by atoms with Gasteiger partial charge in [-0.05, 0) is 49.5 Å². The lowest BCUT2D eigenvalue weighted by molar-refractivity contribution is -0.121. The van der Waals surface area contributed by atoms with E-state index in [0.717, 1.165) is 36.6 Å². The Bertz CT molecular complexity index is 504. The average molecular weight is 327 g/mol. The van der Waals surface area contributed by atoms with Crippen molar-refractivity contribution < 1.29 is 14.3 Å². The number of amides is 1. The first-order valence-corrected chi connectivity index (χ1v) is 7.67. The zero-order valence-corrected chi connectivity index (χ0v) is 13.4. The Morgan fingerprint density at radius 2 is 2.09 bits per heavy atom. The highest BCUT2D eigenvalue weighted by molar-refractivity contribution is 5.85. The second-order valence-corrected chi connectivity index (χ2v) is 5.65. The molecule has 1 aromatic rings. The Hall–Kier alpha value is -1.46. The van der Waals surface area contributed by atoms with E-state index >= 15 is 0 Å². The van der Waals surface area contributed by atoms with E-state index in [1.165, 1.54) is 6.42 Å². The van der Waals surface area contributed by atoms with E-state index < -0.39 is 0 Å².